The molecule has 1 aliphatic carbocycles. The summed E-state index contributed by atoms with van der Waals surface area (Å²) in [7, 11) is 4.10. The molecule has 0 bridgehead atoms. The van der Waals surface area contributed by atoms with Crippen LogP contribution in [0, 0.1) is 5.92 Å². The van der Waals surface area contributed by atoms with Crippen molar-refractivity contribution in [1.29, 1.82) is 0 Å². The molecule has 0 aromatic heterocycles. The molecule has 0 radical (unpaired) electrons. The Labute approximate surface area is 139 Å². The third-order valence-electron chi connectivity index (χ3n) is 4.03. The average Bonchev–Trinajstić information content (AvgIpc) is 2.92. The van der Waals surface area contributed by atoms with E-state index in [0.29, 0.717) is 24.0 Å². The molecule has 1 saturated carbocycles. The number of para-hydroxylation sites is 2. The minimum Gasteiger partial charge on any atom is -0.491 e. The summed E-state index contributed by atoms with van der Waals surface area (Å²) >= 11 is 0. The average molecular weight is 320 g/mol. The third-order valence-corrected chi connectivity index (χ3v) is 4.03. The van der Waals surface area contributed by atoms with Gasteiger partial charge in [-0.15, -0.1) is 0 Å². The van der Waals surface area contributed by atoms with E-state index >= 15 is 0 Å². The van der Waals surface area contributed by atoms with Crippen molar-refractivity contribution in [2.75, 3.05) is 32.6 Å². The van der Waals surface area contributed by atoms with Crippen LogP contribution in [0.3, 0.4) is 0 Å². The number of ether oxygens (including phenoxy) is 2. The number of nitrogens with one attached hydrogen (secondary N) is 1. The summed E-state index contributed by atoms with van der Waals surface area (Å²) in [6.45, 7) is 3.63. The predicted molar refractivity (Wildman–Crippen MR) is 92.0 cm³/mol. The lowest BCUT2D eigenvalue weighted by Crippen LogP contribution is -2.31. The first-order valence-corrected chi connectivity index (χ1v) is 8.44. The van der Waals surface area contributed by atoms with E-state index in [2.05, 4.69) is 31.2 Å². The molecule has 0 unspecified atom stereocenters. The zero-order valence-electron chi connectivity index (χ0n) is 14.4. The fourth-order valence-corrected chi connectivity index (χ4v) is 3.02. The van der Waals surface area contributed by atoms with Crippen LogP contribution in [0.2, 0.25) is 0 Å². The van der Waals surface area contributed by atoms with Crippen molar-refractivity contribution in [3.8, 4) is 5.75 Å². The Bertz CT molecular complexity index is 505. The molecule has 1 aromatic carbocycles. The van der Waals surface area contributed by atoms with Crippen LogP contribution in [-0.4, -0.2) is 44.3 Å². The maximum atomic E-state index is 12.2. The second-order valence-electron chi connectivity index (χ2n) is 6.37. The van der Waals surface area contributed by atoms with Gasteiger partial charge in [-0.25, -0.2) is 4.79 Å². The van der Waals surface area contributed by atoms with Crippen molar-refractivity contribution < 1.29 is 14.3 Å². The van der Waals surface area contributed by atoms with Crippen molar-refractivity contribution in [3.05, 3.63) is 24.3 Å². The third kappa shape index (κ3) is 5.43. The normalized spacial score (nSPS) is 20.5. The number of rotatable bonds is 7. The fraction of sp³-hybridized carbons (Fsp3) is 0.611. The molecule has 128 valence electrons. The van der Waals surface area contributed by atoms with Crippen LogP contribution in [0.5, 0.6) is 5.75 Å². The smallest absolute Gasteiger partial charge is 0.412 e. The van der Waals surface area contributed by atoms with E-state index in [1.54, 1.807) is 0 Å². The Morgan fingerprint density at radius 2 is 2.09 bits per heavy atom. The summed E-state index contributed by atoms with van der Waals surface area (Å²) in [4.78, 5) is 14.4. The van der Waals surface area contributed by atoms with E-state index in [9.17, 15) is 4.79 Å². The fourth-order valence-electron chi connectivity index (χ4n) is 3.02. The quantitative estimate of drug-likeness (QED) is 0.831. The summed E-state index contributed by atoms with van der Waals surface area (Å²) in [5, 5.41) is 2.82. The molecular weight excluding hydrogens is 292 g/mol. The lowest BCUT2D eigenvalue weighted by Gasteiger charge is -2.23. The molecule has 23 heavy (non-hydrogen) atoms. The Balaban J connectivity index is 1.92. The molecular formula is C18H28N2O3. The van der Waals surface area contributed by atoms with Crippen molar-refractivity contribution in [3.63, 3.8) is 0 Å². The lowest BCUT2D eigenvalue weighted by atomic mass is 10.1. The number of nitrogens with zero attached hydrogens (tertiary/aromatic N) is 1. The summed E-state index contributed by atoms with van der Waals surface area (Å²) in [6, 6.07) is 7.46. The Morgan fingerprint density at radius 3 is 2.83 bits per heavy atom. The molecule has 1 aliphatic rings. The van der Waals surface area contributed by atoms with Crippen LogP contribution in [0.15, 0.2) is 24.3 Å². The number of hydrogen-bond donors (Lipinski definition) is 1. The highest BCUT2D eigenvalue weighted by molar-refractivity contribution is 5.86. The molecule has 1 amide bonds. The number of hydrogen-bond acceptors (Lipinski definition) is 4. The Morgan fingerprint density at radius 1 is 1.30 bits per heavy atom. The van der Waals surface area contributed by atoms with Crippen molar-refractivity contribution in [1.82, 2.24) is 4.90 Å². The molecule has 2 atom stereocenters. The Hall–Kier alpha value is -1.75. The minimum atomic E-state index is -0.395. The topological polar surface area (TPSA) is 50.8 Å². The van der Waals surface area contributed by atoms with Crippen LogP contribution < -0.4 is 10.1 Å². The van der Waals surface area contributed by atoms with E-state index in [-0.39, 0.29) is 6.10 Å². The molecule has 5 heteroatoms. The molecule has 0 heterocycles. The molecule has 0 saturated heterocycles. The number of amides is 1. The van der Waals surface area contributed by atoms with Gasteiger partial charge in [-0.1, -0.05) is 19.1 Å². The van der Waals surface area contributed by atoms with Gasteiger partial charge < -0.3 is 14.4 Å². The van der Waals surface area contributed by atoms with Crippen LogP contribution in [-0.2, 0) is 4.74 Å². The first-order chi connectivity index (χ1) is 11.1. The molecule has 1 N–H and O–H groups in total. The second kappa shape index (κ2) is 8.77. The maximum absolute atomic E-state index is 12.2. The van der Waals surface area contributed by atoms with Crippen LogP contribution in [0.4, 0.5) is 10.5 Å². The van der Waals surface area contributed by atoms with E-state index in [0.717, 1.165) is 32.2 Å². The second-order valence-corrected chi connectivity index (χ2v) is 6.37. The van der Waals surface area contributed by atoms with Crippen molar-refractivity contribution in [2.45, 2.75) is 38.7 Å². The molecule has 5 nitrogen and oxygen atoms in total. The van der Waals surface area contributed by atoms with Crippen molar-refractivity contribution >= 4 is 11.8 Å². The van der Waals surface area contributed by atoms with Gasteiger partial charge in [-0.2, -0.15) is 0 Å². The Kier molecular flexibility index (Phi) is 6.71. The van der Waals surface area contributed by atoms with Gasteiger partial charge in [0.1, 0.15) is 11.9 Å². The number of carbonyl (C=O) groups is 1. The SMILES string of the molecule is CCCOc1ccccc1NC(=O)O[C@H]1CCC[C@H]1CN(C)C. The monoisotopic (exact) mass is 320 g/mol. The standard InChI is InChI=1S/C18H28N2O3/c1-4-12-22-17-10-6-5-9-15(17)19-18(21)23-16-11-7-8-14(16)13-20(2)3/h5-6,9-10,14,16H,4,7-8,11-13H2,1-3H3,(H,19,21)/t14-,16-/m0/s1. The molecule has 0 spiro atoms. The highest BCUT2D eigenvalue weighted by Crippen LogP contribution is 2.30. The first kappa shape index (κ1) is 17.6. The van der Waals surface area contributed by atoms with Gasteiger partial charge >= 0.3 is 6.09 Å². The van der Waals surface area contributed by atoms with Crippen LogP contribution in [0.1, 0.15) is 32.6 Å². The van der Waals surface area contributed by atoms with E-state index in [1.165, 1.54) is 0 Å². The zero-order chi connectivity index (χ0) is 16.7. The number of carbonyl (C=O) groups excluding carboxylic acids is 1. The first-order valence-electron chi connectivity index (χ1n) is 8.44. The van der Waals surface area contributed by atoms with Crippen LogP contribution >= 0.6 is 0 Å². The van der Waals surface area contributed by atoms with Gasteiger partial charge in [-0.05, 0) is 51.9 Å². The highest BCUT2D eigenvalue weighted by Gasteiger charge is 2.30. The molecule has 0 aliphatic heterocycles. The summed E-state index contributed by atoms with van der Waals surface area (Å²) in [6.07, 6.45) is 3.71. The molecule has 2 rings (SSSR count). The van der Waals surface area contributed by atoms with Gasteiger partial charge in [-0.3, -0.25) is 5.32 Å². The van der Waals surface area contributed by atoms with Gasteiger partial charge in [0.15, 0.2) is 0 Å². The van der Waals surface area contributed by atoms with E-state index in [4.69, 9.17) is 9.47 Å². The van der Waals surface area contributed by atoms with Crippen LogP contribution in [0.25, 0.3) is 0 Å². The van der Waals surface area contributed by atoms with Gasteiger partial charge in [0, 0.05) is 12.5 Å². The number of benzene rings is 1. The lowest BCUT2D eigenvalue weighted by molar-refractivity contribution is 0.0780. The van der Waals surface area contributed by atoms with E-state index in [1.807, 2.05) is 24.3 Å². The largest absolute Gasteiger partial charge is 0.491 e. The minimum absolute atomic E-state index is 0.00104. The van der Waals surface area contributed by atoms with Gasteiger partial charge in [0.25, 0.3) is 0 Å². The molecule has 1 fully saturated rings. The summed E-state index contributed by atoms with van der Waals surface area (Å²) in [5.74, 6) is 1.10. The van der Waals surface area contributed by atoms with Gasteiger partial charge in [0.05, 0.1) is 12.3 Å². The van der Waals surface area contributed by atoms with E-state index < -0.39 is 6.09 Å². The highest BCUT2D eigenvalue weighted by atomic mass is 16.6. The maximum Gasteiger partial charge on any atom is 0.412 e. The number of anilines is 1. The summed E-state index contributed by atoms with van der Waals surface area (Å²) in [5.41, 5.74) is 0.660. The van der Waals surface area contributed by atoms with Crippen molar-refractivity contribution in [2.24, 2.45) is 5.92 Å². The predicted octanol–water partition coefficient (Wildman–Crippen LogP) is 3.75. The zero-order valence-corrected chi connectivity index (χ0v) is 14.4. The molecule has 1 aromatic rings. The summed E-state index contributed by atoms with van der Waals surface area (Å²) < 4.78 is 11.3. The van der Waals surface area contributed by atoms with Gasteiger partial charge in [0.2, 0.25) is 0 Å².